The fraction of sp³-hybridized carbons (Fsp3) is 0.136. The van der Waals surface area contributed by atoms with Gasteiger partial charge in [-0.1, -0.05) is 47.2 Å². The van der Waals surface area contributed by atoms with E-state index >= 15 is 0 Å². The average Bonchev–Trinajstić information content (AvgIpc) is 3.06. The summed E-state index contributed by atoms with van der Waals surface area (Å²) in [6.45, 7) is 4.46. The lowest BCUT2D eigenvalue weighted by molar-refractivity contribution is 0.102. The molecule has 1 N–H and O–H groups in total. The number of carbonyl (C=O) groups is 1. The Kier molecular flexibility index (Phi) is 4.79. The summed E-state index contributed by atoms with van der Waals surface area (Å²) in [5.74, 6) is -0.284. The highest BCUT2D eigenvalue weighted by atomic mass is 32.1. The summed E-state index contributed by atoms with van der Waals surface area (Å²) in [6, 6.07) is 16.9. The Morgan fingerprint density at radius 1 is 1.04 bits per heavy atom. The number of nitrogens with zero attached hydrogens (tertiary/aromatic N) is 2. The molecule has 5 nitrogen and oxygen atoms in total. The molecule has 0 aliphatic rings. The lowest BCUT2D eigenvalue weighted by atomic mass is 10.1. The number of pyridine rings is 1. The summed E-state index contributed by atoms with van der Waals surface area (Å²) in [6.07, 6.45) is 1.59. The fourth-order valence-corrected chi connectivity index (χ4v) is 3.89. The minimum atomic E-state index is -0.284. The average molecular weight is 389 g/mol. The summed E-state index contributed by atoms with van der Waals surface area (Å²) in [5.41, 5.74) is 4.45. The van der Waals surface area contributed by atoms with Gasteiger partial charge in [0, 0.05) is 12.3 Å². The number of hydrogen-bond acceptors (Lipinski definition) is 4. The lowest BCUT2D eigenvalue weighted by Crippen LogP contribution is -2.22. The first-order chi connectivity index (χ1) is 13.5. The predicted octanol–water partition coefficient (Wildman–Crippen LogP) is 4.38. The molecular formula is C22H19N3O2S. The van der Waals surface area contributed by atoms with Gasteiger partial charge in [-0.15, -0.1) is 0 Å². The second-order valence-electron chi connectivity index (χ2n) is 6.81. The molecule has 2 heterocycles. The first-order valence-corrected chi connectivity index (χ1v) is 9.74. The number of rotatable bonds is 4. The minimum absolute atomic E-state index is 0.146. The van der Waals surface area contributed by atoms with Crippen molar-refractivity contribution in [1.29, 1.82) is 0 Å². The van der Waals surface area contributed by atoms with Crippen LogP contribution in [-0.2, 0) is 6.54 Å². The maximum atomic E-state index is 12.7. The van der Waals surface area contributed by atoms with Gasteiger partial charge >= 0.3 is 0 Å². The summed E-state index contributed by atoms with van der Waals surface area (Å²) in [4.78, 5) is 29.3. The molecule has 0 aliphatic heterocycles. The largest absolute Gasteiger partial charge is 0.310 e. The van der Waals surface area contributed by atoms with Gasteiger partial charge in [0.1, 0.15) is 0 Å². The van der Waals surface area contributed by atoms with Crippen LogP contribution in [0.3, 0.4) is 0 Å². The van der Waals surface area contributed by atoms with E-state index < -0.39 is 0 Å². The Hall–Kier alpha value is -3.25. The molecule has 4 rings (SSSR count). The Labute approximate surface area is 166 Å². The third-order valence-electron chi connectivity index (χ3n) is 4.48. The molecule has 140 valence electrons. The number of anilines is 1. The van der Waals surface area contributed by atoms with Crippen LogP contribution in [-0.4, -0.2) is 15.5 Å². The van der Waals surface area contributed by atoms with Gasteiger partial charge in [-0.25, -0.2) is 4.98 Å². The topological polar surface area (TPSA) is 64.0 Å². The molecule has 0 saturated carbocycles. The Morgan fingerprint density at radius 3 is 2.57 bits per heavy atom. The molecule has 28 heavy (non-hydrogen) atoms. The van der Waals surface area contributed by atoms with Crippen LogP contribution < -0.4 is 10.9 Å². The molecule has 4 aromatic rings. The minimum Gasteiger partial charge on any atom is -0.310 e. The number of thiazole rings is 1. The zero-order valence-corrected chi connectivity index (χ0v) is 16.4. The van der Waals surface area contributed by atoms with Crippen LogP contribution in [0.2, 0.25) is 0 Å². The number of nitrogens with one attached hydrogen (secondary N) is 1. The number of aryl methyl sites for hydroxylation is 2. The second kappa shape index (κ2) is 7.40. The van der Waals surface area contributed by atoms with Crippen molar-refractivity contribution in [2.24, 2.45) is 0 Å². The molecule has 0 unspecified atom stereocenters. The zero-order valence-electron chi connectivity index (χ0n) is 15.6. The van der Waals surface area contributed by atoms with Crippen molar-refractivity contribution in [3.05, 3.63) is 93.4 Å². The van der Waals surface area contributed by atoms with E-state index in [0.717, 1.165) is 26.9 Å². The van der Waals surface area contributed by atoms with E-state index in [1.54, 1.807) is 16.8 Å². The number of benzene rings is 2. The van der Waals surface area contributed by atoms with Crippen LogP contribution in [0.25, 0.3) is 10.2 Å². The van der Waals surface area contributed by atoms with Crippen molar-refractivity contribution < 1.29 is 4.79 Å². The van der Waals surface area contributed by atoms with Crippen molar-refractivity contribution >= 4 is 32.6 Å². The molecule has 0 radical (unpaired) electrons. The smallest absolute Gasteiger partial charge is 0.258 e. The van der Waals surface area contributed by atoms with E-state index in [1.165, 1.54) is 17.4 Å². The molecule has 0 spiro atoms. The van der Waals surface area contributed by atoms with Gasteiger partial charge in [0.2, 0.25) is 0 Å². The molecular weight excluding hydrogens is 370 g/mol. The highest BCUT2D eigenvalue weighted by Crippen LogP contribution is 2.26. The van der Waals surface area contributed by atoms with Crippen molar-refractivity contribution in [2.75, 3.05) is 5.32 Å². The molecule has 6 heteroatoms. The van der Waals surface area contributed by atoms with Gasteiger partial charge in [0.25, 0.3) is 11.5 Å². The number of aromatic nitrogens is 2. The monoisotopic (exact) mass is 389 g/mol. The van der Waals surface area contributed by atoms with Crippen LogP contribution >= 0.6 is 11.3 Å². The summed E-state index contributed by atoms with van der Waals surface area (Å²) in [5, 5.41) is 3.38. The van der Waals surface area contributed by atoms with Crippen LogP contribution in [0.1, 0.15) is 27.0 Å². The number of hydrogen-bond donors (Lipinski definition) is 1. The standard InChI is InChI=1S/C22H19N3O2S/c1-14-3-6-16(7-4-14)12-25-13-17(8-10-20(25)26)21(27)24-22-23-18-9-5-15(2)11-19(18)28-22/h3-11,13H,12H2,1-2H3,(H,23,24,27). The van der Waals surface area contributed by atoms with E-state index in [9.17, 15) is 9.59 Å². The predicted molar refractivity (Wildman–Crippen MR) is 113 cm³/mol. The number of carbonyl (C=O) groups excluding carboxylic acids is 1. The fourth-order valence-electron chi connectivity index (χ4n) is 2.93. The van der Waals surface area contributed by atoms with Gasteiger partial charge in [-0.2, -0.15) is 0 Å². The number of fused-ring (bicyclic) bond motifs is 1. The zero-order chi connectivity index (χ0) is 19.7. The van der Waals surface area contributed by atoms with Crippen molar-refractivity contribution in [3.8, 4) is 0 Å². The molecule has 0 atom stereocenters. The highest BCUT2D eigenvalue weighted by molar-refractivity contribution is 7.22. The van der Waals surface area contributed by atoms with Crippen molar-refractivity contribution in [1.82, 2.24) is 9.55 Å². The summed E-state index contributed by atoms with van der Waals surface area (Å²) >= 11 is 1.43. The first-order valence-electron chi connectivity index (χ1n) is 8.92. The van der Waals surface area contributed by atoms with Crippen LogP contribution in [0.4, 0.5) is 5.13 Å². The third kappa shape index (κ3) is 3.87. The maximum Gasteiger partial charge on any atom is 0.258 e. The highest BCUT2D eigenvalue weighted by Gasteiger charge is 2.12. The number of amides is 1. The lowest BCUT2D eigenvalue weighted by Gasteiger charge is -2.08. The summed E-state index contributed by atoms with van der Waals surface area (Å²) < 4.78 is 2.57. The quantitative estimate of drug-likeness (QED) is 0.563. The first kappa shape index (κ1) is 18.1. The van der Waals surface area contributed by atoms with E-state index in [2.05, 4.69) is 10.3 Å². The molecule has 0 bridgehead atoms. The van der Waals surface area contributed by atoms with Crippen molar-refractivity contribution in [3.63, 3.8) is 0 Å². The molecule has 0 fully saturated rings. The van der Waals surface area contributed by atoms with E-state index in [4.69, 9.17) is 0 Å². The van der Waals surface area contributed by atoms with Crippen LogP contribution in [0, 0.1) is 13.8 Å². The Bertz CT molecular complexity index is 1220. The molecule has 0 saturated heterocycles. The normalized spacial score (nSPS) is 10.9. The molecule has 0 aliphatic carbocycles. The van der Waals surface area contributed by atoms with Gasteiger partial charge < -0.3 is 4.57 Å². The van der Waals surface area contributed by atoms with Crippen molar-refractivity contribution in [2.45, 2.75) is 20.4 Å². The molecule has 2 aromatic carbocycles. The summed E-state index contributed by atoms with van der Waals surface area (Å²) in [7, 11) is 0. The van der Waals surface area contributed by atoms with Gasteiger partial charge in [0.05, 0.1) is 22.3 Å². The maximum absolute atomic E-state index is 12.7. The van der Waals surface area contributed by atoms with E-state index in [-0.39, 0.29) is 11.5 Å². The third-order valence-corrected chi connectivity index (χ3v) is 5.42. The van der Waals surface area contributed by atoms with E-state index in [1.807, 2.05) is 56.3 Å². The van der Waals surface area contributed by atoms with Gasteiger partial charge in [-0.3, -0.25) is 14.9 Å². The van der Waals surface area contributed by atoms with E-state index in [0.29, 0.717) is 17.2 Å². The van der Waals surface area contributed by atoms with Gasteiger partial charge in [0.15, 0.2) is 5.13 Å². The second-order valence-corrected chi connectivity index (χ2v) is 7.84. The molecule has 1 amide bonds. The van der Waals surface area contributed by atoms with Crippen LogP contribution in [0.15, 0.2) is 65.6 Å². The Balaban J connectivity index is 1.56. The van der Waals surface area contributed by atoms with Gasteiger partial charge in [-0.05, 0) is 43.2 Å². The van der Waals surface area contributed by atoms with Crippen LogP contribution in [0.5, 0.6) is 0 Å². The molecule has 2 aromatic heterocycles. The SMILES string of the molecule is Cc1ccc(Cn2cc(C(=O)Nc3nc4ccc(C)cc4s3)ccc2=O)cc1. The Morgan fingerprint density at radius 2 is 1.79 bits per heavy atom.